The van der Waals surface area contributed by atoms with E-state index in [-0.39, 0.29) is 11.1 Å². The standard InChI is InChI=1S/C39H32NO/c1-25-14-20-34-33-12-8-9-13-37(33)41-39(34)38(25)36-23-35(27(3)24-40(36)4)32-21-19-31(22-26(32)2)30-17-15-29(16-18-30)28-10-6-5-7-11-28/h5-24H,1-4H3/q+1/i2D3,3D3. The van der Waals surface area contributed by atoms with Crippen LogP contribution >= 0.6 is 0 Å². The van der Waals surface area contributed by atoms with E-state index in [1.807, 2.05) is 111 Å². The Bertz CT molecular complexity index is 2280. The van der Waals surface area contributed by atoms with E-state index in [0.29, 0.717) is 22.4 Å². The highest BCUT2D eigenvalue weighted by Gasteiger charge is 2.23. The van der Waals surface area contributed by atoms with Crippen molar-refractivity contribution >= 4 is 21.9 Å². The number of rotatable bonds is 4. The van der Waals surface area contributed by atoms with E-state index in [1.165, 1.54) is 0 Å². The van der Waals surface area contributed by atoms with Crippen molar-refractivity contribution in [2.45, 2.75) is 20.6 Å². The summed E-state index contributed by atoms with van der Waals surface area (Å²) in [6.45, 7) is -3.01. The molecule has 0 bridgehead atoms. The molecule has 2 heteroatoms. The molecule has 0 unspecified atom stereocenters. The van der Waals surface area contributed by atoms with Crippen LogP contribution in [0.5, 0.6) is 0 Å². The van der Waals surface area contributed by atoms with Crippen molar-refractivity contribution in [1.29, 1.82) is 0 Å². The number of nitrogens with zero attached hydrogens (tertiary/aromatic N) is 1. The van der Waals surface area contributed by atoms with Gasteiger partial charge in [0.2, 0.25) is 5.69 Å². The van der Waals surface area contributed by atoms with E-state index < -0.39 is 13.7 Å². The summed E-state index contributed by atoms with van der Waals surface area (Å²) in [7, 11) is 1.81. The van der Waals surface area contributed by atoms with Gasteiger partial charge in [-0.2, -0.15) is 0 Å². The Hall–Kier alpha value is -4.95. The third-order valence-electron chi connectivity index (χ3n) is 7.92. The Kier molecular flexibility index (Phi) is 4.63. The van der Waals surface area contributed by atoms with Crippen LogP contribution in [0.4, 0.5) is 0 Å². The lowest BCUT2D eigenvalue weighted by Gasteiger charge is -2.14. The van der Waals surface area contributed by atoms with Crippen molar-refractivity contribution in [3.63, 3.8) is 0 Å². The summed E-state index contributed by atoms with van der Waals surface area (Å²) in [6.07, 6.45) is 1.60. The molecular weight excluding hydrogens is 498 g/mol. The molecule has 2 heterocycles. The van der Waals surface area contributed by atoms with Crippen LogP contribution in [-0.2, 0) is 7.05 Å². The first kappa shape index (κ1) is 19.2. The average molecular weight is 537 g/mol. The van der Waals surface area contributed by atoms with Gasteiger partial charge in [0.25, 0.3) is 0 Å². The molecule has 0 saturated heterocycles. The van der Waals surface area contributed by atoms with Crippen LogP contribution in [-0.4, -0.2) is 0 Å². The van der Waals surface area contributed by atoms with Gasteiger partial charge in [0, 0.05) is 30.6 Å². The molecule has 2 nitrogen and oxygen atoms in total. The van der Waals surface area contributed by atoms with E-state index in [0.717, 1.165) is 49.7 Å². The summed E-state index contributed by atoms with van der Waals surface area (Å²) in [6, 6.07) is 37.0. The molecule has 7 rings (SSSR count). The summed E-state index contributed by atoms with van der Waals surface area (Å²) >= 11 is 0. The van der Waals surface area contributed by atoms with Gasteiger partial charge in [-0.25, -0.2) is 4.57 Å². The maximum Gasteiger partial charge on any atom is 0.216 e. The van der Waals surface area contributed by atoms with Gasteiger partial charge >= 0.3 is 0 Å². The molecule has 0 spiro atoms. The van der Waals surface area contributed by atoms with E-state index in [9.17, 15) is 0 Å². The van der Waals surface area contributed by atoms with Gasteiger partial charge in [-0.05, 0) is 71.2 Å². The van der Waals surface area contributed by atoms with E-state index in [2.05, 4.69) is 0 Å². The minimum absolute atomic E-state index is 0.0728. The van der Waals surface area contributed by atoms with E-state index in [4.69, 9.17) is 12.6 Å². The monoisotopic (exact) mass is 536 g/mol. The topological polar surface area (TPSA) is 17.0 Å². The molecule has 0 fully saturated rings. The van der Waals surface area contributed by atoms with Crippen LogP contribution in [0.15, 0.2) is 126 Å². The first-order chi connectivity index (χ1) is 22.4. The fourth-order valence-electron chi connectivity index (χ4n) is 5.77. The van der Waals surface area contributed by atoms with Crippen LogP contribution < -0.4 is 4.57 Å². The fraction of sp³-hybridized carbons (Fsp3) is 0.103. The highest BCUT2D eigenvalue weighted by atomic mass is 16.3. The smallest absolute Gasteiger partial charge is 0.216 e. The van der Waals surface area contributed by atoms with Crippen molar-refractivity contribution < 1.29 is 17.2 Å². The molecule has 0 aliphatic rings. The Balaban J connectivity index is 1.43. The minimum Gasteiger partial charge on any atom is -0.455 e. The highest BCUT2D eigenvalue weighted by Crippen LogP contribution is 2.39. The first-order valence-corrected chi connectivity index (χ1v) is 13.7. The zero-order valence-electron chi connectivity index (χ0n) is 28.9. The van der Waals surface area contributed by atoms with E-state index in [1.54, 1.807) is 29.0 Å². The van der Waals surface area contributed by atoms with Gasteiger partial charge < -0.3 is 4.42 Å². The molecule has 0 aliphatic carbocycles. The molecule has 0 atom stereocenters. The maximum absolute atomic E-state index is 8.53. The number of benzene rings is 5. The number of para-hydroxylation sites is 1. The molecule has 0 aliphatic heterocycles. The predicted molar refractivity (Wildman–Crippen MR) is 171 cm³/mol. The Morgan fingerprint density at radius 1 is 0.585 bits per heavy atom. The third-order valence-corrected chi connectivity index (χ3v) is 7.92. The number of pyridine rings is 1. The van der Waals surface area contributed by atoms with Crippen LogP contribution in [0.1, 0.15) is 24.9 Å². The van der Waals surface area contributed by atoms with Gasteiger partial charge in [0.1, 0.15) is 18.2 Å². The lowest BCUT2D eigenvalue weighted by atomic mass is 9.91. The van der Waals surface area contributed by atoms with Gasteiger partial charge in [-0.1, -0.05) is 103 Å². The number of hydrogen-bond acceptors (Lipinski definition) is 1. The Morgan fingerprint density at radius 2 is 1.27 bits per heavy atom. The molecule has 0 amide bonds. The largest absolute Gasteiger partial charge is 0.455 e. The number of aromatic nitrogens is 1. The van der Waals surface area contributed by atoms with Gasteiger partial charge in [-0.3, -0.25) is 0 Å². The van der Waals surface area contributed by atoms with Crippen LogP contribution in [0.25, 0.3) is 66.6 Å². The van der Waals surface area contributed by atoms with Crippen molar-refractivity contribution in [3.05, 3.63) is 138 Å². The lowest BCUT2D eigenvalue weighted by molar-refractivity contribution is -0.660. The number of fused-ring (bicyclic) bond motifs is 3. The molecule has 2 aromatic heterocycles. The molecular formula is C39H32NO+. The molecule has 5 aromatic carbocycles. The molecule has 198 valence electrons. The summed E-state index contributed by atoms with van der Waals surface area (Å²) in [5, 5.41) is 1.94. The molecule has 0 radical (unpaired) electrons. The van der Waals surface area contributed by atoms with E-state index >= 15 is 0 Å². The van der Waals surface area contributed by atoms with Crippen molar-refractivity contribution in [2.75, 3.05) is 0 Å². The SMILES string of the molecule is [2H]C([2H])([2H])c1cc(-c2ccc(-c3ccccc3)cc2)ccc1-c1cc(-c2c(C)ccc3c2oc2ccccc23)[n+](C)cc1C([2H])([2H])[2H]. The second-order valence-corrected chi connectivity index (χ2v) is 10.5. The number of aryl methyl sites for hydroxylation is 4. The van der Waals surface area contributed by atoms with Crippen molar-refractivity contribution in [2.24, 2.45) is 7.05 Å². The fourth-order valence-corrected chi connectivity index (χ4v) is 5.77. The second kappa shape index (κ2) is 9.91. The highest BCUT2D eigenvalue weighted by molar-refractivity contribution is 6.09. The van der Waals surface area contributed by atoms with Crippen LogP contribution in [0, 0.1) is 20.6 Å². The zero-order valence-corrected chi connectivity index (χ0v) is 22.9. The molecule has 0 saturated carbocycles. The lowest BCUT2D eigenvalue weighted by Crippen LogP contribution is -2.31. The van der Waals surface area contributed by atoms with Crippen LogP contribution in [0.3, 0.4) is 0 Å². The molecule has 41 heavy (non-hydrogen) atoms. The summed E-state index contributed by atoms with van der Waals surface area (Å²) in [5.41, 5.74) is 8.56. The van der Waals surface area contributed by atoms with Crippen LogP contribution in [0.2, 0.25) is 0 Å². The van der Waals surface area contributed by atoms with Gasteiger partial charge in [0.05, 0.1) is 5.56 Å². The predicted octanol–water partition coefficient (Wildman–Crippen LogP) is 10.0. The third kappa shape index (κ3) is 4.33. The van der Waals surface area contributed by atoms with Crippen molar-refractivity contribution in [3.8, 4) is 44.6 Å². The Labute approximate surface area is 249 Å². The molecule has 7 aromatic rings. The molecule has 0 N–H and O–H groups in total. The average Bonchev–Trinajstić information content (AvgIpc) is 3.43. The normalized spacial score (nSPS) is 14.2. The van der Waals surface area contributed by atoms with Gasteiger partial charge in [0.15, 0.2) is 6.20 Å². The Morgan fingerprint density at radius 3 is 2.05 bits per heavy atom. The maximum atomic E-state index is 8.53. The summed E-state index contributed by atoms with van der Waals surface area (Å²) < 4.78 is 59.1. The van der Waals surface area contributed by atoms with Crippen molar-refractivity contribution in [1.82, 2.24) is 0 Å². The summed E-state index contributed by atoms with van der Waals surface area (Å²) in [5.74, 6) is 0. The second-order valence-electron chi connectivity index (χ2n) is 10.5. The number of furan rings is 1. The van der Waals surface area contributed by atoms with Gasteiger partial charge in [-0.15, -0.1) is 0 Å². The minimum atomic E-state index is -2.51. The summed E-state index contributed by atoms with van der Waals surface area (Å²) in [4.78, 5) is 0. The first-order valence-electron chi connectivity index (χ1n) is 16.7. The quantitative estimate of drug-likeness (QED) is 0.205. The zero-order chi connectivity index (χ0) is 33.1. The number of hydrogen-bond donors (Lipinski definition) is 0.